The lowest BCUT2D eigenvalue weighted by Gasteiger charge is -2.31. The van der Waals surface area contributed by atoms with Gasteiger partial charge in [0.1, 0.15) is 5.41 Å². The number of carbonyl (C=O) groups is 1. The average Bonchev–Trinajstić information content (AvgIpc) is 2.75. The van der Waals surface area contributed by atoms with Gasteiger partial charge in [-0.3, -0.25) is 4.79 Å². The number of nitrogens with one attached hydrogen (secondary N) is 1. The summed E-state index contributed by atoms with van der Waals surface area (Å²) < 4.78 is 5.33. The summed E-state index contributed by atoms with van der Waals surface area (Å²) in [6.07, 6.45) is 3.75. The van der Waals surface area contributed by atoms with Crippen LogP contribution in [0, 0.1) is 16.7 Å². The fourth-order valence-corrected chi connectivity index (χ4v) is 2.53. The summed E-state index contributed by atoms with van der Waals surface area (Å²) in [6.45, 7) is 7.22. The Bertz CT molecular complexity index is 321. The van der Waals surface area contributed by atoms with E-state index in [9.17, 15) is 10.1 Å². The van der Waals surface area contributed by atoms with Crippen LogP contribution in [0.2, 0.25) is 0 Å². The molecule has 1 atom stereocenters. The Labute approximate surface area is 110 Å². The van der Waals surface area contributed by atoms with Gasteiger partial charge in [-0.2, -0.15) is 5.26 Å². The highest BCUT2D eigenvalue weighted by Crippen LogP contribution is 2.31. The Morgan fingerprint density at radius 1 is 1.44 bits per heavy atom. The van der Waals surface area contributed by atoms with Gasteiger partial charge in [-0.15, -0.1) is 0 Å². The van der Waals surface area contributed by atoms with Crippen LogP contribution in [-0.4, -0.2) is 24.7 Å². The molecule has 1 saturated heterocycles. The maximum Gasteiger partial charge on any atom is 0.240 e. The van der Waals surface area contributed by atoms with Crippen molar-refractivity contribution in [2.24, 2.45) is 5.41 Å². The highest BCUT2D eigenvalue weighted by molar-refractivity contribution is 5.86. The Kier molecular flexibility index (Phi) is 5.15. The van der Waals surface area contributed by atoms with Crippen molar-refractivity contribution < 1.29 is 9.53 Å². The average molecular weight is 252 g/mol. The lowest BCUT2D eigenvalue weighted by Crippen LogP contribution is -2.52. The van der Waals surface area contributed by atoms with Crippen molar-refractivity contribution in [2.75, 3.05) is 13.2 Å². The van der Waals surface area contributed by atoms with E-state index in [-0.39, 0.29) is 11.4 Å². The van der Waals surface area contributed by atoms with Crippen LogP contribution < -0.4 is 5.32 Å². The second-order valence-corrected chi connectivity index (χ2v) is 5.51. The second-order valence-electron chi connectivity index (χ2n) is 5.51. The first-order valence-electron chi connectivity index (χ1n) is 6.83. The molecule has 1 N–H and O–H groups in total. The second kappa shape index (κ2) is 6.19. The van der Waals surface area contributed by atoms with Gasteiger partial charge in [-0.1, -0.05) is 26.7 Å². The molecule has 1 amide bonds. The first kappa shape index (κ1) is 15.0. The van der Waals surface area contributed by atoms with Crippen LogP contribution in [0.4, 0.5) is 0 Å². The number of hydrogen-bond donors (Lipinski definition) is 1. The van der Waals surface area contributed by atoms with Crippen LogP contribution in [0.3, 0.4) is 0 Å². The highest BCUT2D eigenvalue weighted by Gasteiger charge is 2.41. The van der Waals surface area contributed by atoms with Gasteiger partial charge in [0.15, 0.2) is 0 Å². The molecule has 4 heteroatoms. The van der Waals surface area contributed by atoms with Crippen LogP contribution in [0.25, 0.3) is 0 Å². The summed E-state index contributed by atoms with van der Waals surface area (Å²) in [5, 5.41) is 12.5. The molecule has 1 heterocycles. The summed E-state index contributed by atoms with van der Waals surface area (Å²) in [4.78, 5) is 12.4. The lowest BCUT2D eigenvalue weighted by molar-refractivity contribution is -0.130. The van der Waals surface area contributed by atoms with Crippen LogP contribution in [0.15, 0.2) is 0 Å². The molecule has 0 saturated carbocycles. The van der Waals surface area contributed by atoms with Crippen molar-refractivity contribution in [3.63, 3.8) is 0 Å². The molecule has 0 spiro atoms. The third kappa shape index (κ3) is 3.23. The van der Waals surface area contributed by atoms with Gasteiger partial charge in [-0.25, -0.2) is 0 Å². The molecule has 102 valence electrons. The molecule has 1 aliphatic rings. The largest absolute Gasteiger partial charge is 0.379 e. The van der Waals surface area contributed by atoms with E-state index in [1.54, 1.807) is 0 Å². The molecular formula is C14H24N2O2. The quantitative estimate of drug-likeness (QED) is 0.789. The van der Waals surface area contributed by atoms with Gasteiger partial charge in [0.25, 0.3) is 0 Å². The molecule has 1 unspecified atom stereocenters. The van der Waals surface area contributed by atoms with Gasteiger partial charge < -0.3 is 10.1 Å². The molecule has 0 bridgehead atoms. The van der Waals surface area contributed by atoms with Crippen molar-refractivity contribution in [2.45, 2.75) is 58.4 Å². The molecule has 0 radical (unpaired) electrons. The highest BCUT2D eigenvalue weighted by atomic mass is 16.5. The molecular weight excluding hydrogens is 228 g/mol. The number of amides is 1. The first-order chi connectivity index (χ1) is 8.52. The minimum atomic E-state index is -0.866. The molecule has 1 fully saturated rings. The van der Waals surface area contributed by atoms with Crippen LogP contribution >= 0.6 is 0 Å². The Morgan fingerprint density at radius 2 is 2.06 bits per heavy atom. The van der Waals surface area contributed by atoms with Crippen molar-refractivity contribution >= 4 is 5.91 Å². The molecule has 1 rings (SSSR count). The molecule has 0 aliphatic carbocycles. The predicted molar refractivity (Wildman–Crippen MR) is 69.8 cm³/mol. The van der Waals surface area contributed by atoms with Gasteiger partial charge in [0, 0.05) is 6.61 Å². The molecule has 0 aromatic rings. The van der Waals surface area contributed by atoms with Gasteiger partial charge in [-0.05, 0) is 26.2 Å². The normalized spacial score (nSPS) is 23.7. The first-order valence-corrected chi connectivity index (χ1v) is 6.83. The minimum Gasteiger partial charge on any atom is -0.379 e. The maximum atomic E-state index is 12.4. The number of rotatable bonds is 6. The molecule has 4 nitrogen and oxygen atoms in total. The minimum absolute atomic E-state index is 0.123. The predicted octanol–water partition coefficient (Wildman–Crippen LogP) is 2.39. The van der Waals surface area contributed by atoms with E-state index in [1.165, 1.54) is 0 Å². The molecule has 18 heavy (non-hydrogen) atoms. The number of nitrogens with zero attached hydrogens (tertiary/aromatic N) is 1. The van der Waals surface area contributed by atoms with E-state index in [1.807, 2.05) is 20.8 Å². The Morgan fingerprint density at radius 3 is 2.44 bits per heavy atom. The van der Waals surface area contributed by atoms with Crippen molar-refractivity contribution in [3.8, 4) is 6.07 Å². The summed E-state index contributed by atoms with van der Waals surface area (Å²) in [5.41, 5.74) is -1.17. The van der Waals surface area contributed by atoms with Crippen LogP contribution in [0.1, 0.15) is 52.9 Å². The number of ether oxygens (including phenoxy) is 1. The molecule has 1 aliphatic heterocycles. The van der Waals surface area contributed by atoms with Crippen LogP contribution in [-0.2, 0) is 9.53 Å². The molecule has 0 aromatic heterocycles. The van der Waals surface area contributed by atoms with Crippen LogP contribution in [0.5, 0.6) is 0 Å². The van der Waals surface area contributed by atoms with E-state index < -0.39 is 5.41 Å². The van der Waals surface area contributed by atoms with Gasteiger partial charge in [0.2, 0.25) is 5.91 Å². The number of hydrogen-bond acceptors (Lipinski definition) is 3. The zero-order valence-electron chi connectivity index (χ0n) is 11.7. The summed E-state index contributed by atoms with van der Waals surface area (Å²) in [7, 11) is 0. The molecule has 0 aromatic carbocycles. The zero-order valence-corrected chi connectivity index (χ0v) is 11.7. The van der Waals surface area contributed by atoms with Gasteiger partial charge >= 0.3 is 0 Å². The third-order valence-corrected chi connectivity index (χ3v) is 3.64. The smallest absolute Gasteiger partial charge is 0.240 e. The Hall–Kier alpha value is -1.08. The number of nitriles is 1. The SMILES string of the molecule is CCCC(C#N)(CCC)C(=O)NC1(C)CCOC1. The Balaban J connectivity index is 2.79. The van der Waals surface area contributed by atoms with Crippen molar-refractivity contribution in [3.05, 3.63) is 0 Å². The van der Waals surface area contributed by atoms with E-state index in [4.69, 9.17) is 4.74 Å². The fourth-order valence-electron chi connectivity index (χ4n) is 2.53. The zero-order chi connectivity index (χ0) is 13.6. The van der Waals surface area contributed by atoms with Gasteiger partial charge in [0.05, 0.1) is 18.2 Å². The fraction of sp³-hybridized carbons (Fsp3) is 0.857. The van der Waals surface area contributed by atoms with E-state index in [0.29, 0.717) is 26.1 Å². The van der Waals surface area contributed by atoms with E-state index in [0.717, 1.165) is 19.3 Å². The summed E-state index contributed by atoms with van der Waals surface area (Å²) in [5.74, 6) is -0.123. The topological polar surface area (TPSA) is 62.1 Å². The summed E-state index contributed by atoms with van der Waals surface area (Å²) >= 11 is 0. The third-order valence-electron chi connectivity index (χ3n) is 3.64. The van der Waals surface area contributed by atoms with E-state index in [2.05, 4.69) is 11.4 Å². The lowest BCUT2D eigenvalue weighted by atomic mass is 9.79. The number of carbonyl (C=O) groups excluding carboxylic acids is 1. The monoisotopic (exact) mass is 252 g/mol. The maximum absolute atomic E-state index is 12.4. The van der Waals surface area contributed by atoms with Crippen molar-refractivity contribution in [1.29, 1.82) is 5.26 Å². The summed E-state index contributed by atoms with van der Waals surface area (Å²) in [6, 6.07) is 2.26. The van der Waals surface area contributed by atoms with E-state index >= 15 is 0 Å². The standard InChI is InChI=1S/C14H24N2O2/c1-4-6-14(10-15,7-5-2)12(17)16-13(3)8-9-18-11-13/h4-9,11H2,1-3H3,(H,16,17). The van der Waals surface area contributed by atoms with Crippen molar-refractivity contribution in [1.82, 2.24) is 5.32 Å².